The topological polar surface area (TPSA) is 76.7 Å². The number of hydrogen-bond acceptors (Lipinski definition) is 4. The number of nitrogens with one attached hydrogen (secondary N) is 2. The second kappa shape index (κ2) is 8.38. The fourth-order valence-corrected chi connectivity index (χ4v) is 2.62. The molecule has 2 N–H and O–H groups in total. The van der Waals surface area contributed by atoms with Gasteiger partial charge in [-0.1, -0.05) is 31.9 Å². The fraction of sp³-hybridized carbons (Fsp3) is 0.444. The number of hydrogen-bond donors (Lipinski definition) is 2. The van der Waals surface area contributed by atoms with Crippen molar-refractivity contribution in [1.29, 1.82) is 0 Å². The molecule has 24 heavy (non-hydrogen) atoms. The van der Waals surface area contributed by atoms with Gasteiger partial charge in [0.05, 0.1) is 25.3 Å². The number of benzene rings is 1. The van der Waals surface area contributed by atoms with Gasteiger partial charge in [0.1, 0.15) is 5.75 Å². The van der Waals surface area contributed by atoms with Gasteiger partial charge in [0.25, 0.3) is 0 Å². The lowest BCUT2D eigenvalue weighted by Gasteiger charge is -2.27. The molecule has 0 radical (unpaired) electrons. The molecule has 1 heterocycles. The summed E-state index contributed by atoms with van der Waals surface area (Å²) < 4.78 is 10.5. The van der Waals surface area contributed by atoms with Gasteiger partial charge in [0.2, 0.25) is 0 Å². The summed E-state index contributed by atoms with van der Waals surface area (Å²) in [4.78, 5) is 23.8. The quantitative estimate of drug-likeness (QED) is 0.594. The number of ether oxygens (including phenoxy) is 2. The summed E-state index contributed by atoms with van der Waals surface area (Å²) >= 11 is 0. The Balaban J connectivity index is 2.15. The molecule has 1 atom stereocenters. The molecule has 0 bridgehead atoms. The number of carbonyl (C=O) groups excluding carboxylic acids is 2. The minimum Gasteiger partial charge on any atom is -0.494 e. The van der Waals surface area contributed by atoms with E-state index in [-0.39, 0.29) is 6.03 Å². The van der Waals surface area contributed by atoms with Gasteiger partial charge in [-0.25, -0.2) is 9.59 Å². The molecule has 1 aliphatic heterocycles. The summed E-state index contributed by atoms with van der Waals surface area (Å²) in [6.45, 7) is 4.52. The van der Waals surface area contributed by atoms with Crippen molar-refractivity contribution in [2.45, 2.75) is 39.2 Å². The summed E-state index contributed by atoms with van der Waals surface area (Å²) in [6, 6.07) is 6.51. The maximum Gasteiger partial charge on any atom is 0.337 e. The Hall–Kier alpha value is -2.50. The molecule has 6 heteroatoms. The van der Waals surface area contributed by atoms with Gasteiger partial charge in [0, 0.05) is 5.70 Å². The van der Waals surface area contributed by atoms with Crippen molar-refractivity contribution in [3.8, 4) is 5.75 Å². The predicted octanol–water partition coefficient (Wildman–Crippen LogP) is 3.06. The minimum absolute atomic E-state index is 0.343. The normalized spacial score (nSPS) is 17.1. The molecule has 1 aromatic rings. The zero-order valence-electron chi connectivity index (χ0n) is 14.3. The van der Waals surface area contributed by atoms with Gasteiger partial charge in [-0.15, -0.1) is 0 Å². The monoisotopic (exact) mass is 332 g/mol. The van der Waals surface area contributed by atoms with Crippen LogP contribution in [0.2, 0.25) is 0 Å². The lowest BCUT2D eigenvalue weighted by Crippen LogP contribution is -2.45. The summed E-state index contributed by atoms with van der Waals surface area (Å²) in [7, 11) is 1.32. The van der Waals surface area contributed by atoms with Gasteiger partial charge in [-0.05, 0) is 31.0 Å². The summed E-state index contributed by atoms with van der Waals surface area (Å²) in [5, 5.41) is 5.36. The Kier molecular flexibility index (Phi) is 6.23. The molecule has 6 nitrogen and oxygen atoms in total. The highest BCUT2D eigenvalue weighted by Gasteiger charge is 2.31. The number of amides is 2. The van der Waals surface area contributed by atoms with Crippen molar-refractivity contribution in [2.75, 3.05) is 13.7 Å². The maximum absolute atomic E-state index is 12.0. The standard InChI is InChI=1S/C18H24N2O4/c1-4-5-6-11-24-14-9-7-13(8-10-14)16-15(17(21)23-3)12(2)19-18(22)20-16/h7-10,16H,4-6,11H2,1-3H3,(H2,19,20,22)/t16-/m0/s1. The Morgan fingerprint density at radius 2 is 1.92 bits per heavy atom. The van der Waals surface area contributed by atoms with Crippen molar-refractivity contribution in [2.24, 2.45) is 0 Å². The molecule has 2 amide bonds. The third-order valence-corrected chi connectivity index (χ3v) is 3.90. The highest BCUT2D eigenvalue weighted by molar-refractivity contribution is 5.94. The van der Waals surface area contributed by atoms with E-state index in [0.717, 1.165) is 30.6 Å². The lowest BCUT2D eigenvalue weighted by molar-refractivity contribution is -0.136. The second-order valence-corrected chi connectivity index (χ2v) is 5.69. The van der Waals surface area contributed by atoms with Crippen LogP contribution in [0.4, 0.5) is 4.79 Å². The molecule has 1 aliphatic rings. The van der Waals surface area contributed by atoms with Crippen molar-refractivity contribution < 1.29 is 19.1 Å². The first kappa shape index (κ1) is 17.8. The molecular weight excluding hydrogens is 308 g/mol. The summed E-state index contributed by atoms with van der Waals surface area (Å²) in [6.07, 6.45) is 3.32. The van der Waals surface area contributed by atoms with Gasteiger partial charge in [-0.3, -0.25) is 0 Å². The highest BCUT2D eigenvalue weighted by atomic mass is 16.5. The molecule has 0 aromatic heterocycles. The average Bonchev–Trinajstić information content (AvgIpc) is 2.58. The second-order valence-electron chi connectivity index (χ2n) is 5.69. The molecule has 0 spiro atoms. The van der Waals surface area contributed by atoms with E-state index in [4.69, 9.17) is 9.47 Å². The Labute approximate surface area is 142 Å². The van der Waals surface area contributed by atoms with E-state index in [2.05, 4.69) is 17.6 Å². The number of unbranched alkanes of at least 4 members (excludes halogenated alkanes) is 2. The number of rotatable bonds is 7. The number of esters is 1. The molecule has 0 saturated heterocycles. The van der Waals surface area contributed by atoms with Gasteiger partial charge < -0.3 is 20.1 Å². The van der Waals surface area contributed by atoms with Crippen LogP contribution in [0.15, 0.2) is 35.5 Å². The molecule has 0 aliphatic carbocycles. The van der Waals surface area contributed by atoms with Crippen LogP contribution >= 0.6 is 0 Å². The van der Waals surface area contributed by atoms with Crippen LogP contribution in [0, 0.1) is 0 Å². The van der Waals surface area contributed by atoms with Gasteiger partial charge >= 0.3 is 12.0 Å². The summed E-state index contributed by atoms with van der Waals surface area (Å²) in [5.41, 5.74) is 1.69. The van der Waals surface area contributed by atoms with E-state index in [1.54, 1.807) is 6.92 Å². The predicted molar refractivity (Wildman–Crippen MR) is 90.6 cm³/mol. The third kappa shape index (κ3) is 4.28. The first-order chi connectivity index (χ1) is 11.6. The zero-order chi connectivity index (χ0) is 17.5. The number of allylic oxidation sites excluding steroid dienone is 1. The van der Waals surface area contributed by atoms with Crippen LogP contribution in [-0.2, 0) is 9.53 Å². The van der Waals surface area contributed by atoms with Crippen LogP contribution in [0.5, 0.6) is 5.75 Å². The average molecular weight is 332 g/mol. The van der Waals surface area contributed by atoms with E-state index >= 15 is 0 Å². The van der Waals surface area contributed by atoms with E-state index < -0.39 is 12.0 Å². The first-order valence-corrected chi connectivity index (χ1v) is 8.16. The maximum atomic E-state index is 12.0. The van der Waals surface area contributed by atoms with Gasteiger partial charge in [-0.2, -0.15) is 0 Å². The Morgan fingerprint density at radius 3 is 2.54 bits per heavy atom. The lowest BCUT2D eigenvalue weighted by atomic mass is 9.95. The molecule has 1 aromatic carbocycles. The van der Waals surface area contributed by atoms with Crippen LogP contribution in [0.25, 0.3) is 0 Å². The van der Waals surface area contributed by atoms with E-state index in [0.29, 0.717) is 17.9 Å². The van der Waals surface area contributed by atoms with E-state index in [1.165, 1.54) is 7.11 Å². The SMILES string of the molecule is CCCCCOc1ccc([C@@H]2NC(=O)NC(C)=C2C(=O)OC)cc1. The van der Waals surface area contributed by atoms with Gasteiger partial charge in [0.15, 0.2) is 0 Å². The molecular formula is C18H24N2O4. The first-order valence-electron chi connectivity index (χ1n) is 8.16. The number of urea groups is 1. The van der Waals surface area contributed by atoms with Crippen molar-refractivity contribution >= 4 is 12.0 Å². The highest BCUT2D eigenvalue weighted by Crippen LogP contribution is 2.28. The molecule has 0 saturated carbocycles. The molecule has 0 unspecified atom stereocenters. The van der Waals surface area contributed by atoms with Crippen molar-refractivity contribution in [3.63, 3.8) is 0 Å². The fourth-order valence-electron chi connectivity index (χ4n) is 2.62. The molecule has 130 valence electrons. The largest absolute Gasteiger partial charge is 0.494 e. The zero-order valence-corrected chi connectivity index (χ0v) is 14.3. The van der Waals surface area contributed by atoms with Crippen LogP contribution in [0.3, 0.4) is 0 Å². The number of methoxy groups -OCH3 is 1. The van der Waals surface area contributed by atoms with Crippen LogP contribution < -0.4 is 15.4 Å². The smallest absolute Gasteiger partial charge is 0.337 e. The minimum atomic E-state index is -0.541. The Bertz CT molecular complexity index is 622. The van der Waals surface area contributed by atoms with Crippen molar-refractivity contribution in [3.05, 3.63) is 41.1 Å². The van der Waals surface area contributed by atoms with Crippen LogP contribution in [0.1, 0.15) is 44.7 Å². The van der Waals surface area contributed by atoms with E-state index in [9.17, 15) is 9.59 Å². The number of carbonyl (C=O) groups is 2. The molecule has 0 fully saturated rings. The van der Waals surface area contributed by atoms with E-state index in [1.807, 2.05) is 24.3 Å². The van der Waals surface area contributed by atoms with Crippen LogP contribution in [-0.4, -0.2) is 25.7 Å². The van der Waals surface area contributed by atoms with Crippen molar-refractivity contribution in [1.82, 2.24) is 10.6 Å². The third-order valence-electron chi connectivity index (χ3n) is 3.90. The summed E-state index contributed by atoms with van der Waals surface area (Å²) in [5.74, 6) is 0.306. The molecule has 2 rings (SSSR count). The Morgan fingerprint density at radius 1 is 1.21 bits per heavy atom.